The van der Waals surface area contributed by atoms with E-state index in [0.717, 1.165) is 83.5 Å². The minimum absolute atomic E-state index is 0.0524. The van der Waals surface area contributed by atoms with Crippen LogP contribution in [-0.4, -0.2) is 95.3 Å². The zero-order valence-electron chi connectivity index (χ0n) is 31.8. The summed E-state index contributed by atoms with van der Waals surface area (Å²) in [6.45, 7) is 0. The number of carboxylic acid groups (broad SMARTS) is 1. The molecule has 0 amide bonds. The Kier molecular flexibility index (Phi) is 32.7. The second-order valence-corrected chi connectivity index (χ2v) is 13.4. The normalized spacial score (nSPS) is 15.1. The fourth-order valence-electron chi connectivity index (χ4n) is 5.25. The third-order valence-electron chi connectivity index (χ3n) is 8.33. The molecule has 0 saturated heterocycles. The summed E-state index contributed by atoms with van der Waals surface area (Å²) in [5.41, 5.74) is 0. The van der Waals surface area contributed by atoms with Crippen LogP contribution >= 0.6 is 0 Å². The Balaban J connectivity index is 3.81. The Morgan fingerprint density at radius 2 is 1.22 bits per heavy atom. The molecule has 0 aliphatic rings. The van der Waals surface area contributed by atoms with Crippen molar-refractivity contribution in [1.29, 1.82) is 0 Å². The largest absolute Gasteiger partial charge is 0.472 e. The van der Waals surface area contributed by atoms with E-state index in [2.05, 4.69) is 35.5 Å². The van der Waals surface area contributed by atoms with Crippen molar-refractivity contribution in [3.8, 4) is 47.9 Å². The molecule has 10 heteroatoms. The monoisotopic (exact) mass is 752 g/mol. The highest BCUT2D eigenvalue weighted by Gasteiger charge is 2.13. The van der Waals surface area contributed by atoms with Crippen molar-refractivity contribution in [2.24, 2.45) is 0 Å². The quantitative estimate of drug-likeness (QED) is 0.0302. The van der Waals surface area contributed by atoms with Gasteiger partial charge in [-0.2, -0.15) is 0 Å². The van der Waals surface area contributed by atoms with Gasteiger partial charge in [-0.15, -0.1) is 6.42 Å². The van der Waals surface area contributed by atoms with Gasteiger partial charge in [0.15, 0.2) is 11.9 Å². The summed E-state index contributed by atoms with van der Waals surface area (Å²) in [4.78, 5) is 22.6. The second kappa shape index (κ2) is 35.0. The third-order valence-corrected chi connectivity index (χ3v) is 8.33. The smallest absolute Gasteiger partial charge is 0.381 e. The topological polar surface area (TPSA) is 196 Å². The molecule has 0 bridgehead atoms. The number of terminal acetylenes is 1. The first kappa shape index (κ1) is 50.3. The molecule has 0 aliphatic heterocycles. The molecule has 0 heterocycles. The third kappa shape index (κ3) is 34.1. The van der Waals surface area contributed by atoms with Gasteiger partial charge in [0, 0.05) is 25.2 Å². The van der Waals surface area contributed by atoms with E-state index < -0.39 is 48.7 Å². The van der Waals surface area contributed by atoms with Crippen LogP contribution < -0.4 is 0 Å². The standard InChI is InChI=1S/C44H64O10/c1-2-36(45)29-30-37(46)23-18-13-10-14-19-25-39(48)32-31-38(47)24-17-11-8-9-16-22-28-43(52)42(51)27-21-15-7-5-3-4-6-12-20-26-40(49)35-41(50)33-34-44(53)54/h1,8-9,13,18,29-30,36-41,43,45-50,52H,3-7,10-12,14-17,20-24,26-28,35H2,(H,53,54)/b9-8-,18-13-,30-29+. The summed E-state index contributed by atoms with van der Waals surface area (Å²) in [7, 11) is 0. The van der Waals surface area contributed by atoms with Crippen molar-refractivity contribution in [2.45, 2.75) is 178 Å². The molecular weight excluding hydrogens is 688 g/mol. The highest BCUT2D eigenvalue weighted by molar-refractivity contribution is 5.86. The van der Waals surface area contributed by atoms with Crippen LogP contribution in [-0.2, 0) is 9.59 Å². The van der Waals surface area contributed by atoms with Gasteiger partial charge in [-0.25, -0.2) is 4.79 Å². The number of carboxylic acids is 1. The van der Waals surface area contributed by atoms with Crippen LogP contribution in [0.25, 0.3) is 0 Å². The van der Waals surface area contributed by atoms with E-state index in [-0.39, 0.29) is 12.2 Å². The van der Waals surface area contributed by atoms with Gasteiger partial charge < -0.3 is 40.9 Å². The number of allylic oxidation sites excluding steroid dienone is 3. The Bertz CT molecular complexity index is 1330. The lowest BCUT2D eigenvalue weighted by molar-refractivity contribution is -0.130. The number of aliphatic hydroxyl groups excluding tert-OH is 7. The summed E-state index contributed by atoms with van der Waals surface area (Å²) in [6.07, 6.45) is 24.5. The second-order valence-electron chi connectivity index (χ2n) is 13.4. The lowest BCUT2D eigenvalue weighted by atomic mass is 10.0. The van der Waals surface area contributed by atoms with Crippen LogP contribution in [0.5, 0.6) is 0 Å². The summed E-state index contributed by atoms with van der Waals surface area (Å²) in [6, 6.07) is 0. The summed E-state index contributed by atoms with van der Waals surface area (Å²) >= 11 is 0. The molecule has 0 fully saturated rings. The Labute approximate surface area is 323 Å². The number of rotatable bonds is 29. The zero-order valence-corrected chi connectivity index (χ0v) is 31.8. The van der Waals surface area contributed by atoms with Gasteiger partial charge in [-0.1, -0.05) is 117 Å². The average Bonchev–Trinajstić information content (AvgIpc) is 3.14. The van der Waals surface area contributed by atoms with E-state index in [4.69, 9.17) is 11.5 Å². The van der Waals surface area contributed by atoms with E-state index in [0.29, 0.717) is 44.9 Å². The lowest BCUT2D eigenvalue weighted by Gasteiger charge is -2.11. The summed E-state index contributed by atoms with van der Waals surface area (Å²) in [5.74, 6) is 15.4. The first-order chi connectivity index (χ1) is 25.9. The zero-order chi connectivity index (χ0) is 40.2. The van der Waals surface area contributed by atoms with Gasteiger partial charge >= 0.3 is 5.97 Å². The minimum atomic E-state index is -1.30. The van der Waals surface area contributed by atoms with Crippen LogP contribution in [0.15, 0.2) is 36.5 Å². The van der Waals surface area contributed by atoms with Crippen LogP contribution in [0.3, 0.4) is 0 Å². The molecule has 7 unspecified atom stereocenters. The molecule has 0 rings (SSSR count). The van der Waals surface area contributed by atoms with E-state index in [1.165, 1.54) is 12.2 Å². The molecule has 300 valence electrons. The average molecular weight is 753 g/mol. The van der Waals surface area contributed by atoms with Gasteiger partial charge in [0.2, 0.25) is 0 Å². The molecule has 0 aromatic carbocycles. The maximum Gasteiger partial charge on any atom is 0.381 e. The number of hydrogen-bond donors (Lipinski definition) is 8. The van der Waals surface area contributed by atoms with Gasteiger partial charge in [-0.3, -0.25) is 4.79 Å². The molecule has 0 spiro atoms. The molecular formula is C44H64O10. The number of carbonyl (C=O) groups is 2. The van der Waals surface area contributed by atoms with Crippen molar-refractivity contribution >= 4 is 11.8 Å². The minimum Gasteiger partial charge on any atom is -0.472 e. The number of unbranched alkanes of at least 4 members (excludes halogenated alkanes) is 11. The first-order valence-electron chi connectivity index (χ1n) is 19.4. The van der Waals surface area contributed by atoms with Crippen LogP contribution in [0.4, 0.5) is 0 Å². The lowest BCUT2D eigenvalue weighted by Crippen LogP contribution is -2.19. The molecule has 10 nitrogen and oxygen atoms in total. The molecule has 0 aromatic rings. The Morgan fingerprint density at radius 3 is 1.87 bits per heavy atom. The van der Waals surface area contributed by atoms with Gasteiger partial charge in [0.1, 0.15) is 24.4 Å². The highest BCUT2D eigenvalue weighted by Crippen LogP contribution is 2.15. The molecule has 0 radical (unpaired) electrons. The number of ketones is 1. The van der Waals surface area contributed by atoms with E-state index in [9.17, 15) is 45.3 Å². The number of Topliss-reactive ketones (excluding diaryl/α,β-unsaturated/α-hetero) is 1. The Hall–Kier alpha value is -3.68. The van der Waals surface area contributed by atoms with Crippen LogP contribution in [0, 0.1) is 47.9 Å². The number of aliphatic carboxylic acids is 1. The summed E-state index contributed by atoms with van der Waals surface area (Å²) < 4.78 is 0. The van der Waals surface area contributed by atoms with E-state index in [1.807, 2.05) is 24.1 Å². The van der Waals surface area contributed by atoms with Crippen molar-refractivity contribution in [3.05, 3.63) is 36.5 Å². The molecule has 0 aliphatic carbocycles. The van der Waals surface area contributed by atoms with Gasteiger partial charge in [0.05, 0.1) is 12.2 Å². The van der Waals surface area contributed by atoms with Crippen molar-refractivity contribution in [1.82, 2.24) is 0 Å². The van der Waals surface area contributed by atoms with Crippen LogP contribution in [0.1, 0.15) is 135 Å². The van der Waals surface area contributed by atoms with Crippen LogP contribution in [0.2, 0.25) is 0 Å². The molecule has 8 N–H and O–H groups in total. The predicted molar refractivity (Wildman–Crippen MR) is 211 cm³/mol. The highest BCUT2D eigenvalue weighted by atomic mass is 16.4. The molecule has 54 heavy (non-hydrogen) atoms. The Morgan fingerprint density at radius 1 is 0.611 bits per heavy atom. The maximum atomic E-state index is 12.3. The predicted octanol–water partition coefficient (Wildman–Crippen LogP) is 4.67. The molecule has 0 aromatic heterocycles. The van der Waals surface area contributed by atoms with Crippen molar-refractivity contribution in [2.75, 3.05) is 0 Å². The van der Waals surface area contributed by atoms with Gasteiger partial charge in [0.25, 0.3) is 0 Å². The number of aliphatic hydroxyl groups is 7. The SMILES string of the molecule is C#CC(O)/C=C/C(O)C/C=C\CCC#CC(O)C#CC(O)CCC/C=C\CCCC(O)C(=O)CCCCCCCCCCCC(O)CC(O)C#CC(=O)O. The van der Waals surface area contributed by atoms with Crippen molar-refractivity contribution < 1.29 is 50.4 Å². The summed E-state index contributed by atoms with van der Waals surface area (Å²) in [5, 5.41) is 77.1. The van der Waals surface area contributed by atoms with Crippen molar-refractivity contribution in [3.63, 3.8) is 0 Å². The molecule has 0 saturated carbocycles. The number of carbonyl (C=O) groups excluding carboxylic acids is 1. The van der Waals surface area contributed by atoms with Gasteiger partial charge in [-0.05, 0) is 70.3 Å². The number of hydrogen-bond acceptors (Lipinski definition) is 9. The fraction of sp³-hybridized carbons (Fsp3) is 0.636. The maximum absolute atomic E-state index is 12.3. The fourth-order valence-corrected chi connectivity index (χ4v) is 5.25. The van der Waals surface area contributed by atoms with E-state index in [1.54, 1.807) is 6.08 Å². The molecule has 7 atom stereocenters. The first-order valence-corrected chi connectivity index (χ1v) is 19.4. The van der Waals surface area contributed by atoms with E-state index >= 15 is 0 Å².